The molecule has 0 fully saturated rings. The van der Waals surface area contributed by atoms with Crippen LogP contribution < -0.4 is 5.73 Å². The lowest BCUT2D eigenvalue weighted by Crippen LogP contribution is -2.23. The number of hydrogen-bond acceptors (Lipinski definition) is 4. The summed E-state index contributed by atoms with van der Waals surface area (Å²) in [7, 11) is 1.09. The highest BCUT2D eigenvalue weighted by atomic mass is 35.5. The van der Waals surface area contributed by atoms with Gasteiger partial charge in [-0.3, -0.25) is 9.78 Å². The number of halogens is 2. The number of carbonyl (C=O) groups excluding carboxylic acids is 2. The van der Waals surface area contributed by atoms with Crippen LogP contribution in [0.3, 0.4) is 0 Å². The standard InChI is InChI=1S/C5H4ClN.C3H5NO3.ClH/c6-5-2-1-3-7-4-5;1-7-3(6)2(4)5;/h1-4H;1H3,(H2,4,5);1H. The second-order valence-electron chi connectivity index (χ2n) is 2.03. The SMILES string of the molecule is COC(=O)C(N)=O.Cl.Clc1cccnc1. The van der Waals surface area contributed by atoms with Crippen molar-refractivity contribution in [1.82, 2.24) is 4.98 Å². The van der Waals surface area contributed by atoms with Crippen LogP contribution in [0.25, 0.3) is 0 Å². The maximum atomic E-state index is 9.81. The molecule has 0 spiro atoms. The van der Waals surface area contributed by atoms with E-state index in [4.69, 9.17) is 11.6 Å². The van der Waals surface area contributed by atoms with Crippen molar-refractivity contribution in [3.63, 3.8) is 0 Å². The van der Waals surface area contributed by atoms with Crippen molar-refractivity contribution in [2.45, 2.75) is 0 Å². The van der Waals surface area contributed by atoms with Crippen LogP contribution in [0, 0.1) is 0 Å². The van der Waals surface area contributed by atoms with E-state index in [2.05, 4.69) is 15.5 Å². The van der Waals surface area contributed by atoms with Gasteiger partial charge in [-0.2, -0.15) is 0 Å². The van der Waals surface area contributed by atoms with Gasteiger partial charge in [0, 0.05) is 12.4 Å². The van der Waals surface area contributed by atoms with Gasteiger partial charge in [-0.15, -0.1) is 12.4 Å². The molecule has 1 amide bonds. The van der Waals surface area contributed by atoms with Crippen molar-refractivity contribution in [2.24, 2.45) is 5.73 Å². The number of esters is 1. The number of amides is 1. The Balaban J connectivity index is 0. The van der Waals surface area contributed by atoms with Gasteiger partial charge in [0.1, 0.15) is 0 Å². The highest BCUT2D eigenvalue weighted by Crippen LogP contribution is 2.00. The van der Waals surface area contributed by atoms with Crippen LogP contribution in [0.4, 0.5) is 0 Å². The molecule has 0 saturated carbocycles. The molecule has 0 bridgehead atoms. The van der Waals surface area contributed by atoms with Gasteiger partial charge < -0.3 is 10.5 Å². The smallest absolute Gasteiger partial charge is 0.396 e. The second kappa shape index (κ2) is 9.23. The van der Waals surface area contributed by atoms with Crippen molar-refractivity contribution in [2.75, 3.05) is 7.11 Å². The molecule has 0 saturated heterocycles. The molecule has 0 aliphatic rings. The summed E-state index contributed by atoms with van der Waals surface area (Å²) in [6.45, 7) is 0. The third-order valence-corrected chi connectivity index (χ3v) is 1.24. The zero-order chi connectivity index (χ0) is 11.0. The van der Waals surface area contributed by atoms with Gasteiger partial charge in [0.05, 0.1) is 12.1 Å². The number of nitrogens with zero attached hydrogens (tertiary/aromatic N) is 1. The number of nitrogens with two attached hydrogens (primary N) is 1. The average Bonchev–Trinajstić information content (AvgIpc) is 2.18. The summed E-state index contributed by atoms with van der Waals surface area (Å²) >= 11 is 5.48. The topological polar surface area (TPSA) is 82.3 Å². The summed E-state index contributed by atoms with van der Waals surface area (Å²) in [5.74, 6) is -2.08. The molecule has 84 valence electrons. The molecule has 7 heteroatoms. The lowest BCUT2D eigenvalue weighted by molar-refractivity contribution is -0.151. The lowest BCUT2D eigenvalue weighted by atomic mass is 10.5. The van der Waals surface area contributed by atoms with E-state index in [1.165, 1.54) is 0 Å². The molecule has 0 unspecified atom stereocenters. The summed E-state index contributed by atoms with van der Waals surface area (Å²) in [4.78, 5) is 23.2. The zero-order valence-electron chi connectivity index (χ0n) is 7.84. The van der Waals surface area contributed by atoms with E-state index in [-0.39, 0.29) is 12.4 Å². The monoisotopic (exact) mass is 252 g/mol. The molecule has 0 aliphatic carbocycles. The van der Waals surface area contributed by atoms with Crippen molar-refractivity contribution in [3.8, 4) is 0 Å². The van der Waals surface area contributed by atoms with Gasteiger partial charge >= 0.3 is 11.9 Å². The van der Waals surface area contributed by atoms with Gasteiger partial charge in [-0.05, 0) is 12.1 Å². The summed E-state index contributed by atoms with van der Waals surface area (Å²) in [6.07, 6.45) is 3.29. The number of hydrogen-bond donors (Lipinski definition) is 1. The van der Waals surface area contributed by atoms with Gasteiger partial charge in [-0.25, -0.2) is 4.79 Å². The number of pyridine rings is 1. The van der Waals surface area contributed by atoms with E-state index in [9.17, 15) is 9.59 Å². The minimum absolute atomic E-state index is 0. The van der Waals surface area contributed by atoms with Crippen molar-refractivity contribution in [3.05, 3.63) is 29.5 Å². The van der Waals surface area contributed by atoms with Crippen LogP contribution in [0.2, 0.25) is 5.02 Å². The van der Waals surface area contributed by atoms with Gasteiger partial charge in [0.15, 0.2) is 0 Å². The minimum atomic E-state index is -1.07. The predicted octanol–water partition coefficient (Wildman–Crippen LogP) is 0.802. The largest absolute Gasteiger partial charge is 0.462 e. The second-order valence-corrected chi connectivity index (χ2v) is 2.46. The van der Waals surface area contributed by atoms with Crippen LogP contribution in [0.1, 0.15) is 0 Å². The molecule has 1 heterocycles. The first-order valence-electron chi connectivity index (χ1n) is 3.51. The number of primary amides is 1. The fourth-order valence-electron chi connectivity index (χ4n) is 0.443. The Morgan fingerprint density at radius 2 is 2.13 bits per heavy atom. The molecule has 0 radical (unpaired) electrons. The minimum Gasteiger partial charge on any atom is -0.462 e. The molecule has 5 nitrogen and oxygen atoms in total. The lowest BCUT2D eigenvalue weighted by Gasteiger charge is -1.86. The molecule has 15 heavy (non-hydrogen) atoms. The van der Waals surface area contributed by atoms with Gasteiger partial charge in [0.2, 0.25) is 0 Å². The average molecular weight is 253 g/mol. The zero-order valence-corrected chi connectivity index (χ0v) is 9.42. The Hall–Kier alpha value is -1.33. The summed E-state index contributed by atoms with van der Waals surface area (Å²) < 4.78 is 3.90. The first kappa shape index (κ1) is 16.1. The Morgan fingerprint density at radius 3 is 2.27 bits per heavy atom. The highest BCUT2D eigenvalue weighted by molar-refractivity contribution is 6.31. The molecule has 1 aromatic rings. The number of methoxy groups -OCH3 is 1. The van der Waals surface area contributed by atoms with Crippen LogP contribution in [0.5, 0.6) is 0 Å². The highest BCUT2D eigenvalue weighted by Gasteiger charge is 2.04. The first-order valence-corrected chi connectivity index (χ1v) is 3.89. The van der Waals surface area contributed by atoms with Crippen molar-refractivity contribution in [1.29, 1.82) is 0 Å². The Kier molecular flexibility index (Phi) is 9.92. The maximum absolute atomic E-state index is 9.81. The molecule has 0 aromatic carbocycles. The first-order chi connectivity index (χ1) is 6.57. The summed E-state index contributed by atoms with van der Waals surface area (Å²) in [5.41, 5.74) is 4.43. The molecular weight excluding hydrogens is 243 g/mol. The van der Waals surface area contributed by atoms with Crippen LogP contribution in [-0.4, -0.2) is 24.0 Å². The predicted molar refractivity (Wildman–Crippen MR) is 57.7 cm³/mol. The van der Waals surface area contributed by atoms with Crippen molar-refractivity contribution >= 4 is 35.9 Å². The van der Waals surface area contributed by atoms with Crippen LogP contribution in [0.15, 0.2) is 24.5 Å². The van der Waals surface area contributed by atoms with E-state index in [1.54, 1.807) is 24.5 Å². The normalized spacial score (nSPS) is 7.60. The van der Waals surface area contributed by atoms with Crippen LogP contribution in [-0.2, 0) is 14.3 Å². The molecule has 1 aromatic heterocycles. The van der Waals surface area contributed by atoms with Gasteiger partial charge in [0.25, 0.3) is 0 Å². The fraction of sp³-hybridized carbons (Fsp3) is 0.125. The van der Waals surface area contributed by atoms with E-state index in [1.807, 2.05) is 0 Å². The Morgan fingerprint density at radius 1 is 1.53 bits per heavy atom. The van der Waals surface area contributed by atoms with Gasteiger partial charge in [-0.1, -0.05) is 11.6 Å². The summed E-state index contributed by atoms with van der Waals surface area (Å²) in [6, 6.07) is 3.58. The fourth-order valence-corrected chi connectivity index (χ4v) is 0.572. The number of aromatic nitrogens is 1. The molecule has 0 aliphatic heterocycles. The molecule has 1 rings (SSSR count). The van der Waals surface area contributed by atoms with E-state index < -0.39 is 11.9 Å². The third-order valence-electron chi connectivity index (χ3n) is 1.01. The Bertz CT molecular complexity index is 306. The van der Waals surface area contributed by atoms with Crippen molar-refractivity contribution < 1.29 is 14.3 Å². The molecular formula is C8H10Cl2N2O3. The number of rotatable bonds is 0. The maximum Gasteiger partial charge on any atom is 0.396 e. The Labute approximate surface area is 98.0 Å². The number of ether oxygens (including phenoxy) is 1. The molecule has 0 atom stereocenters. The van der Waals surface area contributed by atoms with E-state index >= 15 is 0 Å². The quantitative estimate of drug-likeness (QED) is 0.547. The number of carbonyl (C=O) groups is 2. The van der Waals surface area contributed by atoms with E-state index in [0.29, 0.717) is 5.02 Å². The van der Waals surface area contributed by atoms with Crippen LogP contribution >= 0.6 is 24.0 Å². The summed E-state index contributed by atoms with van der Waals surface area (Å²) in [5, 5.41) is 0.683. The molecule has 2 N–H and O–H groups in total. The third kappa shape index (κ3) is 8.99. The van der Waals surface area contributed by atoms with E-state index in [0.717, 1.165) is 7.11 Å².